The summed E-state index contributed by atoms with van der Waals surface area (Å²) in [5.74, 6) is -0.800. The van der Waals surface area contributed by atoms with Crippen molar-refractivity contribution in [3.05, 3.63) is 64.7 Å². The fourth-order valence-electron chi connectivity index (χ4n) is 2.97. The molecule has 6 heteroatoms. The number of hydrogen-bond acceptors (Lipinski definition) is 3. The SMILES string of the molecule is O=C(c1cc(F)ccc1Cl)N1CCC(O)(Cc2ccccn2)CC1. The van der Waals surface area contributed by atoms with Crippen molar-refractivity contribution in [3.63, 3.8) is 0 Å². The Bertz CT molecular complexity index is 731. The van der Waals surface area contributed by atoms with E-state index in [9.17, 15) is 14.3 Å². The molecular weight excluding hydrogens is 331 g/mol. The molecule has 0 bridgehead atoms. The number of piperidine rings is 1. The number of pyridine rings is 1. The quantitative estimate of drug-likeness (QED) is 0.927. The highest BCUT2D eigenvalue weighted by Crippen LogP contribution is 2.28. The molecule has 0 saturated carbocycles. The molecule has 2 heterocycles. The molecule has 126 valence electrons. The van der Waals surface area contributed by atoms with E-state index in [1.165, 1.54) is 12.1 Å². The molecule has 1 aromatic heterocycles. The smallest absolute Gasteiger partial charge is 0.255 e. The summed E-state index contributed by atoms with van der Waals surface area (Å²) in [5, 5.41) is 11.0. The molecule has 1 amide bonds. The Hall–Kier alpha value is -1.98. The van der Waals surface area contributed by atoms with Crippen molar-refractivity contribution in [2.24, 2.45) is 0 Å². The van der Waals surface area contributed by atoms with Crippen molar-refractivity contribution >= 4 is 17.5 Å². The average Bonchev–Trinajstić information content (AvgIpc) is 2.58. The second-order valence-electron chi connectivity index (χ2n) is 6.14. The summed E-state index contributed by atoms with van der Waals surface area (Å²) in [7, 11) is 0. The van der Waals surface area contributed by atoms with Gasteiger partial charge in [-0.25, -0.2) is 4.39 Å². The third-order valence-electron chi connectivity index (χ3n) is 4.38. The maximum absolute atomic E-state index is 13.4. The molecule has 2 aromatic rings. The van der Waals surface area contributed by atoms with Gasteiger partial charge in [-0.1, -0.05) is 17.7 Å². The van der Waals surface area contributed by atoms with Crippen LogP contribution in [0.25, 0.3) is 0 Å². The van der Waals surface area contributed by atoms with E-state index in [0.717, 1.165) is 11.8 Å². The van der Waals surface area contributed by atoms with Crippen molar-refractivity contribution in [3.8, 4) is 0 Å². The number of aromatic nitrogens is 1. The molecule has 0 aliphatic carbocycles. The second-order valence-corrected chi connectivity index (χ2v) is 6.55. The number of likely N-dealkylation sites (tertiary alicyclic amines) is 1. The molecule has 0 radical (unpaired) electrons. The first-order valence-electron chi connectivity index (χ1n) is 7.83. The van der Waals surface area contributed by atoms with Crippen LogP contribution in [0.5, 0.6) is 0 Å². The van der Waals surface area contributed by atoms with Crippen LogP contribution in [0.1, 0.15) is 28.9 Å². The topological polar surface area (TPSA) is 53.4 Å². The molecule has 1 saturated heterocycles. The van der Waals surface area contributed by atoms with E-state index in [1.54, 1.807) is 11.1 Å². The van der Waals surface area contributed by atoms with Gasteiger partial charge in [0.25, 0.3) is 5.91 Å². The van der Waals surface area contributed by atoms with Crippen LogP contribution in [0.4, 0.5) is 4.39 Å². The Morgan fingerprint density at radius 1 is 1.29 bits per heavy atom. The molecule has 24 heavy (non-hydrogen) atoms. The Balaban J connectivity index is 1.66. The van der Waals surface area contributed by atoms with Gasteiger partial charge >= 0.3 is 0 Å². The van der Waals surface area contributed by atoms with E-state index in [1.807, 2.05) is 18.2 Å². The summed E-state index contributed by atoms with van der Waals surface area (Å²) in [4.78, 5) is 18.4. The average molecular weight is 349 g/mol. The van der Waals surface area contributed by atoms with Crippen molar-refractivity contribution in [2.75, 3.05) is 13.1 Å². The number of carbonyl (C=O) groups is 1. The molecule has 1 aliphatic rings. The lowest BCUT2D eigenvalue weighted by molar-refractivity contribution is -0.0168. The van der Waals surface area contributed by atoms with Gasteiger partial charge in [-0.3, -0.25) is 9.78 Å². The van der Waals surface area contributed by atoms with Gasteiger partial charge < -0.3 is 10.0 Å². The van der Waals surface area contributed by atoms with Crippen LogP contribution in [0.3, 0.4) is 0 Å². The minimum atomic E-state index is -0.878. The highest BCUT2D eigenvalue weighted by atomic mass is 35.5. The number of carbonyl (C=O) groups excluding carboxylic acids is 1. The minimum Gasteiger partial charge on any atom is -0.389 e. The standard InChI is InChI=1S/C18H18ClFN2O2/c19-16-5-4-13(20)11-15(16)17(23)22-9-6-18(24,7-10-22)12-14-3-1-2-8-21-14/h1-5,8,11,24H,6-7,9-10,12H2. The van der Waals surface area contributed by atoms with Crippen molar-refractivity contribution in [1.82, 2.24) is 9.88 Å². The largest absolute Gasteiger partial charge is 0.389 e. The van der Waals surface area contributed by atoms with E-state index in [-0.39, 0.29) is 16.5 Å². The summed E-state index contributed by atoms with van der Waals surface area (Å²) in [6.45, 7) is 0.796. The predicted octanol–water partition coefficient (Wildman–Crippen LogP) is 3.08. The Morgan fingerprint density at radius 3 is 2.71 bits per heavy atom. The Kier molecular flexibility index (Phi) is 4.83. The summed E-state index contributed by atoms with van der Waals surface area (Å²) in [5.41, 5.74) is 0.108. The number of nitrogens with zero attached hydrogens (tertiary/aromatic N) is 2. The zero-order valence-electron chi connectivity index (χ0n) is 13.1. The van der Waals surface area contributed by atoms with Gasteiger partial charge in [0.2, 0.25) is 0 Å². The van der Waals surface area contributed by atoms with Gasteiger partial charge in [-0.2, -0.15) is 0 Å². The molecule has 1 N–H and O–H groups in total. The first-order valence-corrected chi connectivity index (χ1v) is 8.21. The fraction of sp³-hybridized carbons (Fsp3) is 0.333. The van der Waals surface area contributed by atoms with Crippen LogP contribution in [0.2, 0.25) is 5.02 Å². The predicted molar refractivity (Wildman–Crippen MR) is 89.4 cm³/mol. The normalized spacial score (nSPS) is 16.9. The highest BCUT2D eigenvalue weighted by molar-refractivity contribution is 6.33. The molecule has 0 unspecified atom stereocenters. The Labute approximate surface area is 144 Å². The van der Waals surface area contributed by atoms with Crippen molar-refractivity contribution < 1.29 is 14.3 Å². The molecule has 0 spiro atoms. The second kappa shape index (κ2) is 6.87. The van der Waals surface area contributed by atoms with Crippen molar-refractivity contribution in [2.45, 2.75) is 24.9 Å². The van der Waals surface area contributed by atoms with E-state index in [0.29, 0.717) is 32.4 Å². The summed E-state index contributed by atoms with van der Waals surface area (Å²) in [6, 6.07) is 9.35. The number of benzene rings is 1. The lowest BCUT2D eigenvalue weighted by Crippen LogP contribution is -2.47. The zero-order chi connectivity index (χ0) is 17.2. The summed E-state index contributed by atoms with van der Waals surface area (Å²) in [6.07, 6.45) is 3.05. The fourth-order valence-corrected chi connectivity index (χ4v) is 3.17. The van der Waals surface area contributed by atoms with Crippen LogP contribution in [0, 0.1) is 5.82 Å². The van der Waals surface area contributed by atoms with E-state index in [4.69, 9.17) is 11.6 Å². The van der Waals surface area contributed by atoms with E-state index in [2.05, 4.69) is 4.98 Å². The van der Waals surface area contributed by atoms with Gasteiger partial charge in [0.15, 0.2) is 0 Å². The molecule has 1 aliphatic heterocycles. The third kappa shape index (κ3) is 3.74. The van der Waals surface area contributed by atoms with Crippen LogP contribution in [-0.2, 0) is 6.42 Å². The number of amides is 1. The number of hydrogen-bond donors (Lipinski definition) is 1. The van der Waals surface area contributed by atoms with Crippen LogP contribution < -0.4 is 0 Å². The van der Waals surface area contributed by atoms with Gasteiger partial charge in [-0.05, 0) is 43.2 Å². The molecule has 4 nitrogen and oxygen atoms in total. The monoisotopic (exact) mass is 348 g/mol. The molecular formula is C18H18ClFN2O2. The maximum Gasteiger partial charge on any atom is 0.255 e. The number of aliphatic hydroxyl groups is 1. The number of halogens is 2. The lowest BCUT2D eigenvalue weighted by atomic mass is 9.86. The van der Waals surface area contributed by atoms with E-state index >= 15 is 0 Å². The Morgan fingerprint density at radius 2 is 2.04 bits per heavy atom. The molecule has 3 rings (SSSR count). The lowest BCUT2D eigenvalue weighted by Gasteiger charge is -2.38. The van der Waals surface area contributed by atoms with Gasteiger partial charge in [0.1, 0.15) is 5.82 Å². The van der Waals surface area contributed by atoms with Crippen LogP contribution >= 0.6 is 11.6 Å². The third-order valence-corrected chi connectivity index (χ3v) is 4.71. The van der Waals surface area contributed by atoms with Crippen molar-refractivity contribution in [1.29, 1.82) is 0 Å². The molecule has 0 atom stereocenters. The van der Waals surface area contributed by atoms with Gasteiger partial charge in [-0.15, -0.1) is 0 Å². The highest BCUT2D eigenvalue weighted by Gasteiger charge is 2.35. The molecule has 1 fully saturated rings. The first kappa shape index (κ1) is 16.9. The maximum atomic E-state index is 13.4. The zero-order valence-corrected chi connectivity index (χ0v) is 13.8. The van der Waals surface area contributed by atoms with E-state index < -0.39 is 11.4 Å². The van der Waals surface area contributed by atoms with Gasteiger partial charge in [0.05, 0.1) is 16.2 Å². The number of rotatable bonds is 3. The van der Waals surface area contributed by atoms with Gasteiger partial charge in [0, 0.05) is 31.4 Å². The molecule has 1 aromatic carbocycles. The van der Waals surface area contributed by atoms with Crippen LogP contribution in [0.15, 0.2) is 42.6 Å². The van der Waals surface area contributed by atoms with Crippen LogP contribution in [-0.4, -0.2) is 39.6 Å². The minimum absolute atomic E-state index is 0.159. The first-order chi connectivity index (χ1) is 11.5. The summed E-state index contributed by atoms with van der Waals surface area (Å²) < 4.78 is 13.4. The summed E-state index contributed by atoms with van der Waals surface area (Å²) >= 11 is 6.00.